The van der Waals surface area contributed by atoms with Gasteiger partial charge in [-0.25, -0.2) is 9.78 Å². The summed E-state index contributed by atoms with van der Waals surface area (Å²) in [6.45, 7) is 2.03. The van der Waals surface area contributed by atoms with Crippen molar-refractivity contribution in [1.82, 2.24) is 25.2 Å². The molecule has 3 rings (SSSR count). The van der Waals surface area contributed by atoms with Gasteiger partial charge in [0.05, 0.1) is 42.8 Å². The standard InChI is InChI=1S/C18H18N6O5S2/c1-3-29-15(26)8-12-9-30-17(19-12)20-14(25)10-31-18-21-22-23-24(18)13-6-4-5-11(7-13)16(27)28-2/h4-7,9H,3,8,10H2,1-2H3,(H,19,20,25). The molecule has 0 spiro atoms. The minimum absolute atomic E-state index is 0.0316. The molecule has 162 valence electrons. The first-order valence-corrected chi connectivity index (χ1v) is 10.9. The second-order valence-electron chi connectivity index (χ2n) is 5.88. The van der Waals surface area contributed by atoms with Gasteiger partial charge in [-0.1, -0.05) is 17.8 Å². The number of nitrogens with zero attached hydrogens (tertiary/aromatic N) is 5. The van der Waals surface area contributed by atoms with Crippen molar-refractivity contribution in [3.63, 3.8) is 0 Å². The fourth-order valence-electron chi connectivity index (χ4n) is 2.40. The lowest BCUT2D eigenvalue weighted by atomic mass is 10.2. The molecule has 13 heteroatoms. The van der Waals surface area contributed by atoms with Crippen molar-refractivity contribution in [2.24, 2.45) is 0 Å². The van der Waals surface area contributed by atoms with E-state index in [-0.39, 0.29) is 24.1 Å². The van der Waals surface area contributed by atoms with E-state index >= 15 is 0 Å². The number of benzene rings is 1. The van der Waals surface area contributed by atoms with Crippen molar-refractivity contribution >= 4 is 46.1 Å². The maximum Gasteiger partial charge on any atom is 0.337 e. The van der Waals surface area contributed by atoms with E-state index in [2.05, 4.69) is 25.8 Å². The second kappa shape index (κ2) is 10.6. The first-order chi connectivity index (χ1) is 15.0. The van der Waals surface area contributed by atoms with Crippen molar-refractivity contribution < 1.29 is 23.9 Å². The number of methoxy groups -OCH3 is 1. The summed E-state index contributed by atoms with van der Waals surface area (Å²) in [6.07, 6.45) is 0.0500. The number of thiazole rings is 1. The molecule has 0 unspecified atom stereocenters. The monoisotopic (exact) mass is 462 g/mol. The highest BCUT2D eigenvalue weighted by atomic mass is 32.2. The Bertz CT molecular complexity index is 1080. The third-order valence-corrected chi connectivity index (χ3v) is 5.44. The van der Waals surface area contributed by atoms with Crippen LogP contribution in [0.15, 0.2) is 34.8 Å². The molecule has 0 aliphatic rings. The number of amides is 1. The maximum absolute atomic E-state index is 12.3. The quantitative estimate of drug-likeness (QED) is 0.369. The minimum atomic E-state index is -0.478. The minimum Gasteiger partial charge on any atom is -0.466 e. The first kappa shape index (κ1) is 22.4. The summed E-state index contributed by atoms with van der Waals surface area (Å²) in [5, 5.41) is 16.6. The van der Waals surface area contributed by atoms with Crippen LogP contribution in [0.1, 0.15) is 23.0 Å². The number of rotatable bonds is 9. The van der Waals surface area contributed by atoms with Crippen LogP contribution in [-0.4, -0.2) is 62.5 Å². The lowest BCUT2D eigenvalue weighted by Gasteiger charge is -2.06. The number of hydrogen-bond acceptors (Lipinski definition) is 11. The Morgan fingerprint density at radius 2 is 2.13 bits per heavy atom. The van der Waals surface area contributed by atoms with Gasteiger partial charge in [0.1, 0.15) is 0 Å². The zero-order valence-corrected chi connectivity index (χ0v) is 18.2. The third kappa shape index (κ3) is 6.08. The fraction of sp³-hybridized carbons (Fsp3) is 0.278. The van der Waals surface area contributed by atoms with E-state index in [1.54, 1.807) is 36.6 Å². The summed E-state index contributed by atoms with van der Waals surface area (Å²) in [6, 6.07) is 6.62. The SMILES string of the molecule is CCOC(=O)Cc1csc(NC(=O)CSc2nnnn2-c2cccc(C(=O)OC)c2)n1. The molecule has 0 saturated heterocycles. The van der Waals surface area contributed by atoms with Gasteiger partial charge in [0.25, 0.3) is 0 Å². The summed E-state index contributed by atoms with van der Waals surface area (Å²) < 4.78 is 11.0. The van der Waals surface area contributed by atoms with Crippen LogP contribution >= 0.6 is 23.1 Å². The van der Waals surface area contributed by atoms with Gasteiger partial charge in [0, 0.05) is 5.38 Å². The number of aromatic nitrogens is 5. The number of nitrogens with one attached hydrogen (secondary N) is 1. The highest BCUT2D eigenvalue weighted by Crippen LogP contribution is 2.21. The molecule has 1 N–H and O–H groups in total. The van der Waals surface area contributed by atoms with Gasteiger partial charge in [-0.3, -0.25) is 9.59 Å². The molecule has 1 aromatic carbocycles. The third-order valence-electron chi connectivity index (χ3n) is 3.71. The lowest BCUT2D eigenvalue weighted by Crippen LogP contribution is -2.15. The van der Waals surface area contributed by atoms with Gasteiger partial charge >= 0.3 is 11.9 Å². The molecule has 0 fully saturated rings. The topological polar surface area (TPSA) is 138 Å². The molecule has 0 saturated carbocycles. The van der Waals surface area contributed by atoms with Crippen molar-refractivity contribution in [1.29, 1.82) is 0 Å². The van der Waals surface area contributed by atoms with Crippen LogP contribution in [0, 0.1) is 0 Å². The van der Waals surface area contributed by atoms with Crippen LogP contribution in [0.3, 0.4) is 0 Å². The Morgan fingerprint density at radius 1 is 1.29 bits per heavy atom. The Balaban J connectivity index is 1.59. The summed E-state index contributed by atoms with van der Waals surface area (Å²) >= 11 is 2.34. The van der Waals surface area contributed by atoms with Crippen LogP contribution < -0.4 is 5.32 Å². The summed E-state index contributed by atoms with van der Waals surface area (Å²) in [5.41, 5.74) is 1.44. The van der Waals surface area contributed by atoms with Gasteiger partial charge in [-0.2, -0.15) is 4.68 Å². The summed E-state index contributed by atoms with van der Waals surface area (Å²) in [5.74, 6) is -1.12. The largest absolute Gasteiger partial charge is 0.466 e. The molecule has 3 aromatic rings. The van der Waals surface area contributed by atoms with Crippen molar-refractivity contribution in [3.8, 4) is 5.69 Å². The van der Waals surface area contributed by atoms with Gasteiger partial charge in [-0.15, -0.1) is 16.4 Å². The summed E-state index contributed by atoms with van der Waals surface area (Å²) in [4.78, 5) is 39.7. The van der Waals surface area contributed by atoms with Crippen LogP contribution in [0.5, 0.6) is 0 Å². The van der Waals surface area contributed by atoms with Gasteiger partial charge in [0.2, 0.25) is 11.1 Å². The smallest absolute Gasteiger partial charge is 0.337 e. The van der Waals surface area contributed by atoms with E-state index in [0.717, 1.165) is 11.8 Å². The van der Waals surface area contributed by atoms with Crippen molar-refractivity contribution in [2.75, 3.05) is 24.8 Å². The van der Waals surface area contributed by atoms with Crippen molar-refractivity contribution in [2.45, 2.75) is 18.5 Å². The second-order valence-corrected chi connectivity index (χ2v) is 7.68. The normalized spacial score (nSPS) is 10.5. The highest BCUT2D eigenvalue weighted by Gasteiger charge is 2.15. The van der Waals surface area contributed by atoms with Gasteiger partial charge < -0.3 is 14.8 Å². The number of thioether (sulfide) groups is 1. The van der Waals surface area contributed by atoms with Crippen LogP contribution in [0.2, 0.25) is 0 Å². The van der Waals surface area contributed by atoms with Crippen LogP contribution in [-0.2, 0) is 25.5 Å². The number of carbonyl (C=O) groups excluding carboxylic acids is 3. The molecule has 1 amide bonds. The molecule has 31 heavy (non-hydrogen) atoms. The molecule has 0 radical (unpaired) electrons. The van der Waals surface area contributed by atoms with E-state index in [4.69, 9.17) is 9.47 Å². The zero-order chi connectivity index (χ0) is 22.2. The molecule has 0 atom stereocenters. The molecule has 2 aromatic heterocycles. The fourth-order valence-corrected chi connectivity index (χ4v) is 3.82. The van der Waals surface area contributed by atoms with Gasteiger partial charge in [0.15, 0.2) is 5.13 Å². The Hall–Kier alpha value is -3.32. The van der Waals surface area contributed by atoms with Crippen molar-refractivity contribution in [3.05, 3.63) is 40.9 Å². The molecule has 11 nitrogen and oxygen atoms in total. The zero-order valence-electron chi connectivity index (χ0n) is 16.6. The molecule has 0 bridgehead atoms. The Kier molecular flexibility index (Phi) is 7.67. The predicted molar refractivity (Wildman–Crippen MR) is 112 cm³/mol. The van der Waals surface area contributed by atoms with E-state index in [9.17, 15) is 14.4 Å². The summed E-state index contributed by atoms with van der Waals surface area (Å²) in [7, 11) is 1.30. The predicted octanol–water partition coefficient (Wildman–Crippen LogP) is 1.74. The Morgan fingerprint density at radius 3 is 2.90 bits per heavy atom. The van der Waals surface area contributed by atoms with E-state index in [1.807, 2.05) is 0 Å². The highest BCUT2D eigenvalue weighted by molar-refractivity contribution is 7.99. The first-order valence-electron chi connectivity index (χ1n) is 9.00. The molecule has 0 aliphatic carbocycles. The van der Waals surface area contributed by atoms with Crippen LogP contribution in [0.25, 0.3) is 5.69 Å². The molecular weight excluding hydrogens is 444 g/mol. The molecule has 2 heterocycles. The average Bonchev–Trinajstić information content (AvgIpc) is 3.41. The van der Waals surface area contributed by atoms with E-state index < -0.39 is 5.97 Å². The van der Waals surface area contributed by atoms with E-state index in [0.29, 0.717) is 33.8 Å². The molecular formula is C18H18N6O5S2. The Labute approximate surface area is 185 Å². The number of tetrazole rings is 1. The number of esters is 2. The van der Waals surface area contributed by atoms with Gasteiger partial charge in [-0.05, 0) is 35.5 Å². The average molecular weight is 463 g/mol. The molecule has 0 aliphatic heterocycles. The van der Waals surface area contributed by atoms with E-state index in [1.165, 1.54) is 23.1 Å². The number of ether oxygens (including phenoxy) is 2. The number of hydrogen-bond donors (Lipinski definition) is 1. The number of anilines is 1. The maximum atomic E-state index is 12.3. The van der Waals surface area contributed by atoms with Crippen LogP contribution in [0.4, 0.5) is 5.13 Å². The number of carbonyl (C=O) groups is 3. The lowest BCUT2D eigenvalue weighted by molar-refractivity contribution is -0.142.